The van der Waals surface area contributed by atoms with Gasteiger partial charge in [0.2, 0.25) is 5.76 Å². The van der Waals surface area contributed by atoms with E-state index in [4.69, 9.17) is 25.5 Å². The maximum Gasteiger partial charge on any atom is 0.296 e. The zero-order valence-electron chi connectivity index (χ0n) is 20.0. The lowest BCUT2D eigenvalue weighted by Crippen LogP contribution is -2.30. The molecule has 0 fully saturated rings. The van der Waals surface area contributed by atoms with E-state index < -0.39 is 11.9 Å². The van der Waals surface area contributed by atoms with Crippen LogP contribution in [0.2, 0.25) is 5.02 Å². The quantitative estimate of drug-likeness (QED) is 0.267. The Labute approximate surface area is 213 Å². The van der Waals surface area contributed by atoms with Crippen LogP contribution < -0.4 is 19.8 Å². The predicted molar refractivity (Wildman–Crippen MR) is 138 cm³/mol. The molecule has 1 atom stereocenters. The van der Waals surface area contributed by atoms with Gasteiger partial charge in [0.1, 0.15) is 11.4 Å². The van der Waals surface area contributed by atoms with Crippen molar-refractivity contribution in [1.29, 1.82) is 0 Å². The Morgan fingerprint density at radius 3 is 2.67 bits per heavy atom. The molecular weight excluding hydrogens is 480 g/mol. The number of pyridine rings is 1. The highest BCUT2D eigenvalue weighted by molar-refractivity contribution is 6.31. The molecule has 0 radical (unpaired) electrons. The first-order chi connectivity index (χ1) is 17.5. The summed E-state index contributed by atoms with van der Waals surface area (Å²) in [5.41, 5.74) is 0.884. The lowest BCUT2D eigenvalue weighted by Gasteiger charge is -2.25. The van der Waals surface area contributed by atoms with Gasteiger partial charge in [0.25, 0.3) is 5.91 Å². The standard InChI is InChI=1S/C28H25ClN2O5/c1-3-4-7-14-35-21-11-9-17(15-22(21)34-2)25-24-26(32)19-16-18(29)10-12-20(19)36-27(24)28(33)31(25)23-8-5-6-13-30-23/h5-6,8-13,15-16,25H,3-4,7,14H2,1-2H3. The molecule has 2 aromatic carbocycles. The fourth-order valence-corrected chi connectivity index (χ4v) is 4.67. The molecular formula is C28H25ClN2O5. The third-order valence-corrected chi connectivity index (χ3v) is 6.47. The highest BCUT2D eigenvalue weighted by Crippen LogP contribution is 2.42. The molecule has 1 unspecified atom stereocenters. The van der Waals surface area contributed by atoms with Gasteiger partial charge < -0.3 is 13.9 Å². The molecule has 4 aromatic rings. The molecule has 8 heteroatoms. The van der Waals surface area contributed by atoms with Gasteiger partial charge in [-0.25, -0.2) is 4.98 Å². The molecule has 5 rings (SSSR count). The van der Waals surface area contributed by atoms with E-state index in [1.807, 2.05) is 6.07 Å². The van der Waals surface area contributed by atoms with Gasteiger partial charge in [-0.05, 0) is 54.4 Å². The highest BCUT2D eigenvalue weighted by atomic mass is 35.5. The monoisotopic (exact) mass is 504 g/mol. The summed E-state index contributed by atoms with van der Waals surface area (Å²) in [6, 6.07) is 14.7. The minimum absolute atomic E-state index is 0.00988. The number of ether oxygens (including phenoxy) is 2. The van der Waals surface area contributed by atoms with Crippen molar-refractivity contribution in [2.75, 3.05) is 18.6 Å². The summed E-state index contributed by atoms with van der Waals surface area (Å²) in [7, 11) is 1.56. The average Bonchev–Trinajstić information content (AvgIpc) is 3.20. The van der Waals surface area contributed by atoms with E-state index in [0.717, 1.165) is 19.3 Å². The Morgan fingerprint density at radius 1 is 1.06 bits per heavy atom. The van der Waals surface area contributed by atoms with E-state index in [0.29, 0.717) is 45.5 Å². The molecule has 184 valence electrons. The second-order valence-electron chi connectivity index (χ2n) is 8.55. The van der Waals surface area contributed by atoms with Crippen LogP contribution in [0.5, 0.6) is 11.5 Å². The summed E-state index contributed by atoms with van der Waals surface area (Å²) in [6.45, 7) is 2.71. The molecule has 2 aromatic heterocycles. The van der Waals surface area contributed by atoms with Crippen molar-refractivity contribution in [3.63, 3.8) is 0 Å². The van der Waals surface area contributed by atoms with Gasteiger partial charge in [-0.2, -0.15) is 0 Å². The van der Waals surface area contributed by atoms with Crippen LogP contribution in [0.25, 0.3) is 11.0 Å². The van der Waals surface area contributed by atoms with E-state index in [1.165, 1.54) is 4.90 Å². The number of fused-ring (bicyclic) bond motifs is 2. The largest absolute Gasteiger partial charge is 0.493 e. The van der Waals surface area contributed by atoms with E-state index in [2.05, 4.69) is 11.9 Å². The summed E-state index contributed by atoms with van der Waals surface area (Å²) in [6.07, 6.45) is 4.71. The number of anilines is 1. The van der Waals surface area contributed by atoms with Gasteiger partial charge >= 0.3 is 0 Å². The Balaban J connectivity index is 1.67. The van der Waals surface area contributed by atoms with Crippen molar-refractivity contribution in [2.45, 2.75) is 32.2 Å². The first-order valence-corrected chi connectivity index (χ1v) is 12.2. The minimum Gasteiger partial charge on any atom is -0.493 e. The highest BCUT2D eigenvalue weighted by Gasteiger charge is 2.44. The number of unbranched alkanes of at least 4 members (excludes halogenated alkanes) is 2. The van der Waals surface area contributed by atoms with Crippen LogP contribution in [0.15, 0.2) is 70.0 Å². The number of rotatable bonds is 8. The third-order valence-electron chi connectivity index (χ3n) is 6.24. The first kappa shape index (κ1) is 23.9. The molecule has 0 aliphatic carbocycles. The maximum absolute atomic E-state index is 13.7. The lowest BCUT2D eigenvalue weighted by molar-refractivity contribution is 0.0970. The minimum atomic E-state index is -0.773. The van der Waals surface area contributed by atoms with Gasteiger partial charge in [0, 0.05) is 11.2 Å². The number of carbonyl (C=O) groups is 1. The zero-order valence-corrected chi connectivity index (χ0v) is 20.7. The van der Waals surface area contributed by atoms with Crippen molar-refractivity contribution in [1.82, 2.24) is 4.98 Å². The number of halogens is 1. The van der Waals surface area contributed by atoms with Gasteiger partial charge in [0.05, 0.1) is 30.7 Å². The molecule has 1 aliphatic heterocycles. The molecule has 0 saturated carbocycles. The lowest BCUT2D eigenvalue weighted by atomic mass is 9.98. The number of amides is 1. The third kappa shape index (κ3) is 4.20. The Kier molecular flexibility index (Phi) is 6.65. The summed E-state index contributed by atoms with van der Waals surface area (Å²) >= 11 is 6.17. The van der Waals surface area contributed by atoms with Gasteiger partial charge in [-0.3, -0.25) is 14.5 Å². The topological polar surface area (TPSA) is 81.9 Å². The second kappa shape index (κ2) is 10.0. The van der Waals surface area contributed by atoms with E-state index >= 15 is 0 Å². The maximum atomic E-state index is 13.7. The molecule has 1 amide bonds. The fourth-order valence-electron chi connectivity index (χ4n) is 4.50. The first-order valence-electron chi connectivity index (χ1n) is 11.8. The Hall–Kier alpha value is -3.84. The number of benzene rings is 2. The van der Waals surface area contributed by atoms with Gasteiger partial charge in [-0.1, -0.05) is 43.5 Å². The average molecular weight is 505 g/mol. The van der Waals surface area contributed by atoms with Crippen LogP contribution in [-0.4, -0.2) is 24.6 Å². The number of hydrogen-bond acceptors (Lipinski definition) is 6. The van der Waals surface area contributed by atoms with Crippen LogP contribution in [-0.2, 0) is 0 Å². The normalized spacial score (nSPS) is 14.8. The number of hydrogen-bond donors (Lipinski definition) is 0. The molecule has 0 spiro atoms. The Morgan fingerprint density at radius 2 is 1.92 bits per heavy atom. The molecule has 0 N–H and O–H groups in total. The molecule has 36 heavy (non-hydrogen) atoms. The van der Waals surface area contributed by atoms with Crippen LogP contribution in [0, 0.1) is 0 Å². The molecule has 0 saturated heterocycles. The zero-order chi connectivity index (χ0) is 25.2. The fraction of sp³-hybridized carbons (Fsp3) is 0.250. The molecule has 0 bridgehead atoms. The SMILES string of the molecule is CCCCCOc1ccc(C2c3c(oc4ccc(Cl)cc4c3=O)C(=O)N2c2ccccn2)cc1OC. The Bertz CT molecular complexity index is 1490. The van der Waals surface area contributed by atoms with E-state index in [9.17, 15) is 9.59 Å². The van der Waals surface area contributed by atoms with Crippen LogP contribution in [0.3, 0.4) is 0 Å². The van der Waals surface area contributed by atoms with Crippen molar-refractivity contribution < 1.29 is 18.7 Å². The number of aromatic nitrogens is 1. The summed E-state index contributed by atoms with van der Waals surface area (Å²) in [4.78, 5) is 33.2. The van der Waals surface area contributed by atoms with Crippen LogP contribution in [0.4, 0.5) is 5.82 Å². The van der Waals surface area contributed by atoms with Crippen molar-refractivity contribution in [2.24, 2.45) is 0 Å². The second-order valence-corrected chi connectivity index (χ2v) is 8.98. The summed E-state index contributed by atoms with van der Waals surface area (Å²) < 4.78 is 17.5. The van der Waals surface area contributed by atoms with Crippen LogP contribution in [0.1, 0.15) is 53.9 Å². The molecule has 7 nitrogen and oxygen atoms in total. The smallest absolute Gasteiger partial charge is 0.296 e. The van der Waals surface area contributed by atoms with Gasteiger partial charge in [0.15, 0.2) is 16.9 Å². The van der Waals surface area contributed by atoms with Crippen LogP contribution >= 0.6 is 11.6 Å². The summed E-state index contributed by atoms with van der Waals surface area (Å²) in [5, 5.41) is 0.716. The van der Waals surface area contributed by atoms with E-state index in [1.54, 1.807) is 61.8 Å². The van der Waals surface area contributed by atoms with Crippen molar-refractivity contribution >= 4 is 34.3 Å². The number of nitrogens with zero attached hydrogens (tertiary/aromatic N) is 2. The van der Waals surface area contributed by atoms with Crippen molar-refractivity contribution in [3.05, 3.63) is 92.9 Å². The molecule has 1 aliphatic rings. The predicted octanol–water partition coefficient (Wildman–Crippen LogP) is 6.17. The van der Waals surface area contributed by atoms with E-state index in [-0.39, 0.29) is 16.8 Å². The van der Waals surface area contributed by atoms with Crippen molar-refractivity contribution in [3.8, 4) is 11.5 Å². The number of methoxy groups -OCH3 is 1. The molecule has 3 heterocycles. The summed E-state index contributed by atoms with van der Waals surface area (Å²) in [5.74, 6) is 1.06. The number of carbonyl (C=O) groups excluding carboxylic acids is 1. The van der Waals surface area contributed by atoms with Gasteiger partial charge in [-0.15, -0.1) is 0 Å².